The van der Waals surface area contributed by atoms with Crippen molar-refractivity contribution in [1.29, 1.82) is 0 Å². The topological polar surface area (TPSA) is 111 Å². The molecule has 132 valence electrons. The maximum Gasteiger partial charge on any atom is 0.244 e. The van der Waals surface area contributed by atoms with Crippen LogP contribution in [0.25, 0.3) is 0 Å². The van der Waals surface area contributed by atoms with E-state index in [1.54, 1.807) is 0 Å². The Morgan fingerprint density at radius 1 is 1.29 bits per heavy atom. The van der Waals surface area contributed by atoms with Crippen LogP contribution in [0.3, 0.4) is 0 Å². The highest BCUT2D eigenvalue weighted by atomic mass is 32.2. The minimum Gasteiger partial charge on any atom is -0.381 e. The van der Waals surface area contributed by atoms with E-state index in [1.165, 1.54) is 6.07 Å². The van der Waals surface area contributed by atoms with E-state index in [-0.39, 0.29) is 11.7 Å². The van der Waals surface area contributed by atoms with E-state index in [9.17, 15) is 17.6 Å². The summed E-state index contributed by atoms with van der Waals surface area (Å²) < 4.78 is 45.9. The fraction of sp³-hybridized carbons (Fsp3) is 0.533. The Morgan fingerprint density at radius 3 is 2.58 bits per heavy atom. The van der Waals surface area contributed by atoms with Crippen molar-refractivity contribution in [3.63, 3.8) is 0 Å². The van der Waals surface area contributed by atoms with Gasteiger partial charge >= 0.3 is 0 Å². The lowest BCUT2D eigenvalue weighted by Crippen LogP contribution is -2.54. The van der Waals surface area contributed by atoms with Crippen LogP contribution in [0.1, 0.15) is 25.7 Å². The van der Waals surface area contributed by atoms with Gasteiger partial charge in [-0.05, 0) is 43.9 Å². The number of rotatable bonds is 5. The molecule has 1 saturated heterocycles. The van der Waals surface area contributed by atoms with Crippen LogP contribution in [0.5, 0.6) is 0 Å². The second-order valence-electron chi connectivity index (χ2n) is 6.26. The molecular formula is C15H20FN3O4S. The van der Waals surface area contributed by atoms with E-state index >= 15 is 0 Å². The number of ether oxygens (including phenoxy) is 1. The van der Waals surface area contributed by atoms with Crippen molar-refractivity contribution in [2.24, 2.45) is 5.73 Å². The second-order valence-corrected chi connectivity index (χ2v) is 7.95. The lowest BCUT2D eigenvalue weighted by molar-refractivity contribution is -0.124. The Hall–Kier alpha value is -1.55. The van der Waals surface area contributed by atoms with Gasteiger partial charge < -0.3 is 15.8 Å². The minimum absolute atomic E-state index is 0.137. The van der Waals surface area contributed by atoms with E-state index in [0.29, 0.717) is 26.1 Å². The zero-order chi connectivity index (χ0) is 17.4. The van der Waals surface area contributed by atoms with E-state index in [1.807, 2.05) is 0 Å². The van der Waals surface area contributed by atoms with Crippen LogP contribution in [0.2, 0.25) is 0 Å². The van der Waals surface area contributed by atoms with Crippen molar-refractivity contribution in [3.05, 3.63) is 24.0 Å². The number of carbonyl (C=O) groups excluding carboxylic acids is 1. The van der Waals surface area contributed by atoms with Crippen molar-refractivity contribution >= 4 is 21.6 Å². The predicted molar refractivity (Wildman–Crippen MR) is 85.3 cm³/mol. The molecule has 24 heavy (non-hydrogen) atoms. The molecule has 1 aliphatic carbocycles. The number of nitrogens with one attached hydrogen (secondary N) is 2. The number of hydrogen-bond acceptors (Lipinski definition) is 5. The van der Waals surface area contributed by atoms with Gasteiger partial charge in [0.25, 0.3) is 0 Å². The summed E-state index contributed by atoms with van der Waals surface area (Å²) in [6.07, 6.45) is 2.23. The molecule has 4 N–H and O–H groups in total. The first-order chi connectivity index (χ1) is 11.3. The van der Waals surface area contributed by atoms with Crippen molar-refractivity contribution < 1.29 is 22.3 Å². The van der Waals surface area contributed by atoms with Crippen molar-refractivity contribution in [1.82, 2.24) is 4.72 Å². The van der Waals surface area contributed by atoms with Gasteiger partial charge in [0.15, 0.2) is 0 Å². The van der Waals surface area contributed by atoms with E-state index in [4.69, 9.17) is 10.5 Å². The molecule has 1 saturated carbocycles. The molecule has 0 unspecified atom stereocenters. The van der Waals surface area contributed by atoms with Gasteiger partial charge in [0.2, 0.25) is 15.9 Å². The lowest BCUT2D eigenvalue weighted by atomic mass is 9.90. The van der Waals surface area contributed by atoms with Crippen molar-refractivity contribution in [2.45, 2.75) is 42.2 Å². The van der Waals surface area contributed by atoms with Gasteiger partial charge in [-0.3, -0.25) is 4.79 Å². The first kappa shape index (κ1) is 17.3. The molecule has 1 aliphatic heterocycles. The number of anilines is 1. The molecular weight excluding hydrogens is 337 g/mol. The SMILES string of the molecule is NC1(C(=O)Nc2ccc(F)c(S(=O)(=O)NC3CC3)c2)CCOCC1. The molecule has 9 heteroatoms. The zero-order valence-corrected chi connectivity index (χ0v) is 13.9. The first-order valence-corrected chi connectivity index (χ1v) is 9.28. The minimum atomic E-state index is -3.95. The van der Waals surface area contributed by atoms with Crippen LogP contribution >= 0.6 is 0 Å². The number of carbonyl (C=O) groups is 1. The summed E-state index contributed by atoms with van der Waals surface area (Å²) in [5.74, 6) is -1.30. The zero-order valence-electron chi connectivity index (χ0n) is 13.0. The van der Waals surface area contributed by atoms with Crippen LogP contribution < -0.4 is 15.8 Å². The van der Waals surface area contributed by atoms with Gasteiger partial charge in [0.1, 0.15) is 16.3 Å². The van der Waals surface area contributed by atoms with E-state index < -0.39 is 32.2 Å². The summed E-state index contributed by atoms with van der Waals surface area (Å²) in [4.78, 5) is 11.9. The Balaban J connectivity index is 1.79. The predicted octanol–water partition coefficient (Wildman–Crippen LogP) is 0.713. The van der Waals surface area contributed by atoms with E-state index in [2.05, 4.69) is 10.0 Å². The summed E-state index contributed by atoms with van der Waals surface area (Å²) >= 11 is 0. The molecule has 0 spiro atoms. The van der Waals surface area contributed by atoms with Gasteiger partial charge in [0.05, 0.1) is 0 Å². The summed E-state index contributed by atoms with van der Waals surface area (Å²) in [5.41, 5.74) is 5.20. The molecule has 0 radical (unpaired) electrons. The van der Waals surface area contributed by atoms with Crippen LogP contribution in [0.4, 0.5) is 10.1 Å². The average Bonchev–Trinajstić information content (AvgIpc) is 3.33. The Bertz CT molecular complexity index is 743. The van der Waals surface area contributed by atoms with Crippen LogP contribution in [-0.4, -0.2) is 39.1 Å². The molecule has 3 rings (SSSR count). The lowest BCUT2D eigenvalue weighted by Gasteiger charge is -2.31. The Labute approximate surface area is 139 Å². The largest absolute Gasteiger partial charge is 0.381 e. The van der Waals surface area contributed by atoms with Crippen LogP contribution in [-0.2, 0) is 19.6 Å². The number of sulfonamides is 1. The third-order valence-corrected chi connectivity index (χ3v) is 5.75. The monoisotopic (exact) mass is 357 g/mol. The molecule has 0 aromatic heterocycles. The van der Waals surface area contributed by atoms with E-state index in [0.717, 1.165) is 25.0 Å². The molecule has 1 amide bonds. The highest BCUT2D eigenvalue weighted by Crippen LogP contribution is 2.26. The molecule has 1 aromatic carbocycles. The second kappa shape index (κ2) is 6.40. The molecule has 0 bridgehead atoms. The molecule has 1 aromatic rings. The quantitative estimate of drug-likeness (QED) is 0.719. The molecule has 7 nitrogen and oxygen atoms in total. The van der Waals surface area contributed by atoms with Gasteiger partial charge in [-0.1, -0.05) is 0 Å². The number of amides is 1. The summed E-state index contributed by atoms with van der Waals surface area (Å²) in [6, 6.07) is 3.30. The Kier molecular flexibility index (Phi) is 4.60. The number of nitrogens with two attached hydrogens (primary N) is 1. The average molecular weight is 357 g/mol. The molecule has 2 aliphatic rings. The smallest absolute Gasteiger partial charge is 0.244 e. The standard InChI is InChI=1S/C15H20FN3O4S/c16-12-4-3-11(9-13(12)24(21,22)19-10-1-2-10)18-14(20)15(17)5-7-23-8-6-15/h3-4,9-10,19H,1-2,5-8,17H2,(H,18,20). The van der Waals surface area contributed by atoms with Crippen LogP contribution in [0, 0.1) is 5.82 Å². The Morgan fingerprint density at radius 2 is 1.96 bits per heavy atom. The van der Waals surface area contributed by atoms with Crippen LogP contribution in [0.15, 0.2) is 23.1 Å². The fourth-order valence-corrected chi connectivity index (χ4v) is 3.90. The van der Waals surface area contributed by atoms with Gasteiger partial charge in [-0.2, -0.15) is 0 Å². The normalized spacial score (nSPS) is 20.6. The first-order valence-electron chi connectivity index (χ1n) is 7.80. The fourth-order valence-electron chi connectivity index (χ4n) is 2.49. The highest BCUT2D eigenvalue weighted by molar-refractivity contribution is 7.89. The third kappa shape index (κ3) is 3.75. The van der Waals surface area contributed by atoms with Gasteiger partial charge in [-0.15, -0.1) is 0 Å². The molecule has 2 fully saturated rings. The summed E-state index contributed by atoms with van der Waals surface area (Å²) in [5, 5.41) is 2.58. The summed E-state index contributed by atoms with van der Waals surface area (Å²) in [7, 11) is -3.95. The molecule has 1 heterocycles. The maximum atomic E-state index is 13.9. The van der Waals surface area contributed by atoms with Crippen molar-refractivity contribution in [3.8, 4) is 0 Å². The third-order valence-electron chi connectivity index (χ3n) is 4.21. The summed E-state index contributed by atoms with van der Waals surface area (Å²) in [6.45, 7) is 0.774. The number of halogens is 1. The van der Waals surface area contributed by atoms with Crippen molar-refractivity contribution in [2.75, 3.05) is 18.5 Å². The van der Waals surface area contributed by atoms with Gasteiger partial charge in [0, 0.05) is 24.9 Å². The molecule has 0 atom stereocenters. The maximum absolute atomic E-state index is 13.9. The number of hydrogen-bond donors (Lipinski definition) is 3. The number of benzene rings is 1. The van der Waals surface area contributed by atoms with Gasteiger partial charge in [-0.25, -0.2) is 17.5 Å². The highest BCUT2D eigenvalue weighted by Gasteiger charge is 2.36.